The van der Waals surface area contributed by atoms with Gasteiger partial charge >= 0.3 is 5.97 Å². The van der Waals surface area contributed by atoms with Gasteiger partial charge in [-0.05, 0) is 27.2 Å². The minimum absolute atomic E-state index is 0.135. The topological polar surface area (TPSA) is 69.4 Å². The standard InChI is InChI=1S/C24H40N4O2/c1-6-7-8-9-10-11-12-13-14-15-16-17-21(29)30-18-24(4,5)23-26-25-22-19(2)20(3)27-28(22)23/h2,6-18H2,1,3-5H3. The Hall–Kier alpha value is -1.98. The lowest BCUT2D eigenvalue weighted by Gasteiger charge is -2.21. The molecule has 0 amide bonds. The highest BCUT2D eigenvalue weighted by molar-refractivity contribution is 5.69. The smallest absolute Gasteiger partial charge is 0.305 e. The Kier molecular flexibility index (Phi) is 9.73. The number of esters is 1. The molecule has 2 rings (SSSR count). The van der Waals surface area contributed by atoms with Crippen molar-refractivity contribution in [2.75, 3.05) is 6.61 Å². The van der Waals surface area contributed by atoms with Crippen LogP contribution in [0.5, 0.6) is 0 Å². The highest BCUT2D eigenvalue weighted by Crippen LogP contribution is 2.22. The number of hydrogen-bond donors (Lipinski definition) is 0. The van der Waals surface area contributed by atoms with Gasteiger partial charge in [0.05, 0.1) is 11.1 Å². The molecule has 0 aliphatic heterocycles. The maximum atomic E-state index is 12.2. The number of fused-ring (bicyclic) bond motifs is 1. The van der Waals surface area contributed by atoms with E-state index in [0.717, 1.165) is 23.8 Å². The molecule has 2 heterocycles. The van der Waals surface area contributed by atoms with Crippen molar-refractivity contribution in [3.63, 3.8) is 0 Å². The molecule has 0 unspecified atom stereocenters. The SMILES string of the molecule is C=c1c(C)nn2c(C(C)(C)COC(=O)CCCCCCCCCCCCC)nnc12. The Morgan fingerprint density at radius 2 is 1.53 bits per heavy atom. The number of carbonyl (C=O) groups excluding carboxylic acids is 1. The molecule has 6 heteroatoms. The lowest BCUT2D eigenvalue weighted by atomic mass is 9.94. The zero-order chi connectivity index (χ0) is 22.0. The van der Waals surface area contributed by atoms with Crippen LogP contribution in [0.3, 0.4) is 0 Å². The molecule has 6 nitrogen and oxygen atoms in total. The molecule has 168 valence electrons. The molecule has 0 aliphatic carbocycles. The second-order valence-corrected chi connectivity index (χ2v) is 9.15. The summed E-state index contributed by atoms with van der Waals surface area (Å²) < 4.78 is 7.26. The van der Waals surface area contributed by atoms with Crippen LogP contribution in [0.1, 0.15) is 109 Å². The van der Waals surface area contributed by atoms with Crippen LogP contribution in [0, 0.1) is 6.92 Å². The minimum atomic E-state index is -0.466. The van der Waals surface area contributed by atoms with Gasteiger partial charge in [0.15, 0.2) is 11.5 Å². The summed E-state index contributed by atoms with van der Waals surface area (Å²) in [5.74, 6) is 0.558. The van der Waals surface area contributed by atoms with Gasteiger partial charge in [0, 0.05) is 11.6 Å². The van der Waals surface area contributed by atoms with E-state index in [1.54, 1.807) is 4.52 Å². The summed E-state index contributed by atoms with van der Waals surface area (Å²) in [6, 6.07) is 0. The summed E-state index contributed by atoms with van der Waals surface area (Å²) >= 11 is 0. The predicted molar refractivity (Wildman–Crippen MR) is 121 cm³/mol. The van der Waals surface area contributed by atoms with E-state index < -0.39 is 5.41 Å². The van der Waals surface area contributed by atoms with Crippen molar-refractivity contribution in [1.82, 2.24) is 19.8 Å². The molecule has 0 N–H and O–H groups in total. The van der Waals surface area contributed by atoms with Crippen molar-refractivity contribution in [2.24, 2.45) is 0 Å². The zero-order valence-corrected chi connectivity index (χ0v) is 19.5. The number of unbranched alkanes of at least 4 members (excludes halogenated alkanes) is 10. The van der Waals surface area contributed by atoms with Gasteiger partial charge < -0.3 is 4.74 Å². The van der Waals surface area contributed by atoms with E-state index in [-0.39, 0.29) is 12.6 Å². The fourth-order valence-electron chi connectivity index (χ4n) is 3.69. The van der Waals surface area contributed by atoms with Crippen molar-refractivity contribution in [3.05, 3.63) is 16.7 Å². The summed E-state index contributed by atoms with van der Waals surface area (Å²) in [6.45, 7) is 12.4. The summed E-state index contributed by atoms with van der Waals surface area (Å²) in [5.41, 5.74) is 1.04. The maximum Gasteiger partial charge on any atom is 0.305 e. The number of rotatable bonds is 15. The Labute approximate surface area is 181 Å². The van der Waals surface area contributed by atoms with E-state index in [2.05, 4.69) is 28.8 Å². The van der Waals surface area contributed by atoms with E-state index >= 15 is 0 Å². The van der Waals surface area contributed by atoms with E-state index in [1.165, 1.54) is 57.8 Å². The number of aryl methyl sites for hydroxylation is 1. The van der Waals surface area contributed by atoms with Crippen molar-refractivity contribution in [3.8, 4) is 0 Å². The molecular formula is C24H40N4O2. The molecule has 0 fully saturated rings. The normalized spacial score (nSPS) is 12.0. The van der Waals surface area contributed by atoms with Crippen LogP contribution in [0.15, 0.2) is 0 Å². The van der Waals surface area contributed by atoms with E-state index in [1.807, 2.05) is 20.8 Å². The molecule has 30 heavy (non-hydrogen) atoms. The second-order valence-electron chi connectivity index (χ2n) is 9.15. The summed E-state index contributed by atoms with van der Waals surface area (Å²) in [6.07, 6.45) is 14.5. The number of hydrogen-bond acceptors (Lipinski definition) is 5. The van der Waals surface area contributed by atoms with Crippen LogP contribution in [0.2, 0.25) is 0 Å². The van der Waals surface area contributed by atoms with E-state index in [4.69, 9.17) is 4.74 Å². The fourth-order valence-corrected chi connectivity index (χ4v) is 3.69. The third-order valence-corrected chi connectivity index (χ3v) is 5.78. The molecular weight excluding hydrogens is 376 g/mol. The van der Waals surface area contributed by atoms with Gasteiger partial charge in [-0.25, -0.2) is 0 Å². The molecule has 0 radical (unpaired) electrons. The lowest BCUT2D eigenvalue weighted by molar-refractivity contribution is -0.145. The molecule has 0 aromatic carbocycles. The van der Waals surface area contributed by atoms with Gasteiger partial charge in [-0.2, -0.15) is 9.61 Å². The lowest BCUT2D eigenvalue weighted by Crippen LogP contribution is -2.29. The van der Waals surface area contributed by atoms with Gasteiger partial charge in [0.25, 0.3) is 0 Å². The van der Waals surface area contributed by atoms with Crippen molar-refractivity contribution in [2.45, 2.75) is 110 Å². The van der Waals surface area contributed by atoms with Crippen LogP contribution in [0.25, 0.3) is 12.2 Å². The molecule has 0 atom stereocenters. The Morgan fingerprint density at radius 3 is 2.13 bits per heavy atom. The average Bonchev–Trinajstić information content (AvgIpc) is 3.25. The van der Waals surface area contributed by atoms with Crippen molar-refractivity contribution >= 4 is 18.2 Å². The highest BCUT2D eigenvalue weighted by atomic mass is 16.5. The predicted octanol–water partition coefficient (Wildman–Crippen LogP) is 5.08. The number of aromatic nitrogens is 4. The van der Waals surface area contributed by atoms with Gasteiger partial charge in [-0.3, -0.25) is 4.79 Å². The van der Waals surface area contributed by atoms with Crippen LogP contribution in [0.4, 0.5) is 0 Å². The summed E-state index contributed by atoms with van der Waals surface area (Å²) in [4.78, 5) is 12.2. The molecule has 2 aromatic rings. The average molecular weight is 417 g/mol. The largest absolute Gasteiger partial charge is 0.465 e. The first-order chi connectivity index (χ1) is 14.4. The van der Waals surface area contributed by atoms with Gasteiger partial charge in [0.2, 0.25) is 0 Å². The van der Waals surface area contributed by atoms with Crippen molar-refractivity contribution in [1.29, 1.82) is 0 Å². The van der Waals surface area contributed by atoms with Gasteiger partial charge in [0.1, 0.15) is 6.61 Å². The Balaban J connectivity index is 1.60. The third kappa shape index (κ3) is 7.06. The Morgan fingerprint density at radius 1 is 0.967 bits per heavy atom. The van der Waals surface area contributed by atoms with Crippen molar-refractivity contribution < 1.29 is 9.53 Å². The molecule has 2 aromatic heterocycles. The molecule has 0 saturated carbocycles. The second kappa shape index (κ2) is 12.0. The maximum absolute atomic E-state index is 12.2. The molecule has 0 bridgehead atoms. The van der Waals surface area contributed by atoms with Crippen LogP contribution < -0.4 is 5.22 Å². The summed E-state index contributed by atoms with van der Waals surface area (Å²) in [5, 5.41) is 13.7. The molecule has 0 spiro atoms. The number of carbonyl (C=O) groups is 1. The number of ether oxygens (including phenoxy) is 1. The monoisotopic (exact) mass is 416 g/mol. The first kappa shape index (κ1) is 24.3. The zero-order valence-electron chi connectivity index (χ0n) is 19.5. The fraction of sp³-hybridized carbons (Fsp3) is 0.750. The highest BCUT2D eigenvalue weighted by Gasteiger charge is 2.30. The molecule has 0 saturated heterocycles. The Bertz CT molecular complexity index is 828. The van der Waals surface area contributed by atoms with Gasteiger partial charge in [-0.1, -0.05) is 77.7 Å². The first-order valence-electron chi connectivity index (χ1n) is 11.7. The van der Waals surface area contributed by atoms with Crippen LogP contribution in [-0.2, 0) is 14.9 Å². The quantitative estimate of drug-likeness (QED) is 0.299. The minimum Gasteiger partial charge on any atom is -0.465 e. The van der Waals surface area contributed by atoms with Crippen LogP contribution in [-0.4, -0.2) is 32.4 Å². The first-order valence-corrected chi connectivity index (χ1v) is 11.7. The van der Waals surface area contributed by atoms with E-state index in [9.17, 15) is 4.79 Å². The van der Waals surface area contributed by atoms with E-state index in [0.29, 0.717) is 17.9 Å². The third-order valence-electron chi connectivity index (χ3n) is 5.78. The van der Waals surface area contributed by atoms with Crippen LogP contribution >= 0.6 is 0 Å². The summed E-state index contributed by atoms with van der Waals surface area (Å²) in [7, 11) is 0. The number of nitrogens with zero attached hydrogens (tertiary/aromatic N) is 4. The van der Waals surface area contributed by atoms with Gasteiger partial charge in [-0.15, -0.1) is 10.2 Å². The molecule has 0 aliphatic rings.